The molecular formula is C32H24N2O6S2. The third-order valence-corrected chi connectivity index (χ3v) is 8.82. The van der Waals surface area contributed by atoms with Crippen molar-refractivity contribution >= 4 is 46.4 Å². The van der Waals surface area contributed by atoms with Crippen molar-refractivity contribution in [1.29, 1.82) is 0 Å². The number of fused-ring (bicyclic) bond motifs is 1. The lowest BCUT2D eigenvalue weighted by molar-refractivity contribution is -0.138. The Balaban J connectivity index is 1.52. The Labute approximate surface area is 247 Å². The summed E-state index contributed by atoms with van der Waals surface area (Å²) in [5, 5.41) is 11.4. The number of carbonyl (C=O) groups excluding carboxylic acids is 1. The van der Waals surface area contributed by atoms with E-state index in [0.717, 1.165) is 10.4 Å². The van der Waals surface area contributed by atoms with Gasteiger partial charge in [-0.05, 0) is 49.1 Å². The molecule has 1 aliphatic heterocycles. The predicted octanol–water partition coefficient (Wildman–Crippen LogP) is 5.26. The van der Waals surface area contributed by atoms with Crippen molar-refractivity contribution < 1.29 is 23.8 Å². The molecule has 0 fully saturated rings. The molecule has 0 unspecified atom stereocenters. The topological polar surface area (TPSA) is 111 Å². The molecule has 5 aromatic rings. The van der Waals surface area contributed by atoms with E-state index in [1.54, 1.807) is 54.8 Å². The molecule has 1 aliphatic rings. The summed E-state index contributed by atoms with van der Waals surface area (Å²) < 4.78 is 13.5. The third kappa shape index (κ3) is 4.84. The van der Waals surface area contributed by atoms with Crippen molar-refractivity contribution in [2.24, 2.45) is 4.99 Å². The van der Waals surface area contributed by atoms with Gasteiger partial charge in [0.05, 0.1) is 28.0 Å². The summed E-state index contributed by atoms with van der Waals surface area (Å²) >= 11 is 2.65. The molecule has 6 rings (SSSR count). The first-order valence-electron chi connectivity index (χ1n) is 13.1. The number of aromatic carboxylic acids is 1. The number of thiazole rings is 1. The van der Waals surface area contributed by atoms with Gasteiger partial charge in [0.1, 0.15) is 17.6 Å². The average molecular weight is 597 g/mol. The summed E-state index contributed by atoms with van der Waals surface area (Å²) in [6.07, 6.45) is 1.64. The van der Waals surface area contributed by atoms with Gasteiger partial charge >= 0.3 is 11.9 Å². The second-order valence-electron chi connectivity index (χ2n) is 9.43. The van der Waals surface area contributed by atoms with Crippen molar-refractivity contribution in [1.82, 2.24) is 4.57 Å². The van der Waals surface area contributed by atoms with Gasteiger partial charge in [0.15, 0.2) is 4.80 Å². The van der Waals surface area contributed by atoms with Crippen LogP contribution in [0.1, 0.15) is 45.1 Å². The number of thiophene rings is 1. The molecule has 0 saturated heterocycles. The molecule has 0 spiro atoms. The van der Waals surface area contributed by atoms with Gasteiger partial charge in [0.2, 0.25) is 0 Å². The van der Waals surface area contributed by atoms with Crippen LogP contribution in [0.3, 0.4) is 0 Å². The molecule has 210 valence electrons. The maximum Gasteiger partial charge on any atom is 0.338 e. The van der Waals surface area contributed by atoms with E-state index in [2.05, 4.69) is 0 Å². The largest absolute Gasteiger partial charge is 0.478 e. The minimum Gasteiger partial charge on any atom is -0.478 e. The number of nitrogens with zero attached hydrogens (tertiary/aromatic N) is 2. The monoisotopic (exact) mass is 596 g/mol. The molecule has 3 aromatic heterocycles. The Morgan fingerprint density at radius 1 is 1.07 bits per heavy atom. The van der Waals surface area contributed by atoms with E-state index in [-0.39, 0.29) is 17.7 Å². The summed E-state index contributed by atoms with van der Waals surface area (Å²) in [6.45, 7) is 3.66. The van der Waals surface area contributed by atoms with Crippen molar-refractivity contribution in [2.75, 3.05) is 6.61 Å². The van der Waals surface area contributed by atoms with Gasteiger partial charge in [0.25, 0.3) is 5.56 Å². The first kappa shape index (κ1) is 27.4. The zero-order valence-corrected chi connectivity index (χ0v) is 24.2. The number of hydrogen-bond acceptors (Lipinski definition) is 8. The van der Waals surface area contributed by atoms with Crippen molar-refractivity contribution in [3.8, 4) is 11.3 Å². The van der Waals surface area contributed by atoms with Gasteiger partial charge in [0, 0.05) is 22.1 Å². The number of carboxylic acid groups (broad SMARTS) is 1. The molecule has 1 N–H and O–H groups in total. The number of carbonyl (C=O) groups is 2. The van der Waals surface area contributed by atoms with E-state index in [4.69, 9.17) is 14.1 Å². The normalized spacial score (nSPS) is 14.9. The summed E-state index contributed by atoms with van der Waals surface area (Å²) in [5.74, 6) is -0.625. The average Bonchev–Trinajstić information content (AvgIpc) is 3.75. The van der Waals surface area contributed by atoms with Crippen LogP contribution >= 0.6 is 22.7 Å². The maximum atomic E-state index is 13.9. The Morgan fingerprint density at radius 3 is 2.60 bits per heavy atom. The number of benzene rings is 2. The summed E-state index contributed by atoms with van der Waals surface area (Å²) in [7, 11) is 0. The van der Waals surface area contributed by atoms with Crippen LogP contribution in [-0.4, -0.2) is 28.2 Å². The SMILES string of the molecule is CCOC(=O)C1=C(c2ccccc2)N=c2s/c(=C\c3ccc(-c4cccc(C(=O)O)c4C)o3)c(=O)n2[C@@H]1c1cccs1. The van der Waals surface area contributed by atoms with Crippen LogP contribution in [0.5, 0.6) is 0 Å². The summed E-state index contributed by atoms with van der Waals surface area (Å²) in [5.41, 5.74) is 2.63. The highest BCUT2D eigenvalue weighted by molar-refractivity contribution is 7.10. The highest BCUT2D eigenvalue weighted by Gasteiger charge is 2.35. The molecule has 8 nitrogen and oxygen atoms in total. The lowest BCUT2D eigenvalue weighted by Crippen LogP contribution is -2.39. The van der Waals surface area contributed by atoms with Crippen LogP contribution in [0, 0.1) is 6.92 Å². The number of carboxylic acids is 1. The van der Waals surface area contributed by atoms with E-state index in [1.165, 1.54) is 22.7 Å². The molecule has 0 aliphatic carbocycles. The molecule has 0 bridgehead atoms. The molecule has 0 saturated carbocycles. The zero-order valence-electron chi connectivity index (χ0n) is 22.6. The zero-order chi connectivity index (χ0) is 29.4. The molecular weight excluding hydrogens is 572 g/mol. The molecule has 0 amide bonds. The fourth-order valence-corrected chi connectivity index (χ4v) is 6.80. The molecule has 2 aromatic carbocycles. The second-order valence-corrected chi connectivity index (χ2v) is 11.4. The van der Waals surface area contributed by atoms with Gasteiger partial charge in [-0.2, -0.15) is 0 Å². The Morgan fingerprint density at radius 2 is 1.88 bits per heavy atom. The predicted molar refractivity (Wildman–Crippen MR) is 161 cm³/mol. The Bertz CT molecular complexity index is 2030. The van der Waals surface area contributed by atoms with Gasteiger partial charge in [-0.25, -0.2) is 14.6 Å². The smallest absolute Gasteiger partial charge is 0.338 e. The van der Waals surface area contributed by atoms with Crippen LogP contribution in [-0.2, 0) is 9.53 Å². The van der Waals surface area contributed by atoms with Crippen LogP contribution in [0.25, 0.3) is 23.1 Å². The van der Waals surface area contributed by atoms with Crippen molar-refractivity contribution in [2.45, 2.75) is 19.9 Å². The van der Waals surface area contributed by atoms with Gasteiger partial charge in [-0.1, -0.05) is 59.9 Å². The van der Waals surface area contributed by atoms with Crippen LogP contribution in [0.2, 0.25) is 0 Å². The number of rotatable bonds is 7. The van der Waals surface area contributed by atoms with E-state index in [1.807, 2.05) is 47.8 Å². The number of ether oxygens (including phenoxy) is 1. The maximum absolute atomic E-state index is 13.9. The Kier molecular flexibility index (Phi) is 7.32. The number of aromatic nitrogens is 1. The lowest BCUT2D eigenvalue weighted by atomic mass is 9.97. The standard InChI is InChI=1S/C32H24N2O6S2/c1-3-39-31(38)26-27(19-9-5-4-6-10-19)33-32-34(28(26)24-13-8-16-41-24)29(35)25(42-32)17-20-14-15-23(40-20)21-11-7-12-22(18(21)2)30(36)37/h4-17,28H,3H2,1-2H3,(H,36,37)/b25-17-/t28-/m1/s1. The fourth-order valence-electron chi connectivity index (χ4n) is 5.00. The van der Waals surface area contributed by atoms with Crippen molar-refractivity contribution in [3.05, 3.63) is 131 Å². The van der Waals surface area contributed by atoms with Gasteiger partial charge in [-0.15, -0.1) is 11.3 Å². The number of esters is 1. The molecule has 1 atom stereocenters. The van der Waals surface area contributed by atoms with Crippen LogP contribution < -0.4 is 14.9 Å². The fraction of sp³-hybridized carbons (Fsp3) is 0.125. The number of hydrogen-bond donors (Lipinski definition) is 1. The number of furan rings is 1. The summed E-state index contributed by atoms with van der Waals surface area (Å²) in [4.78, 5) is 45.1. The molecule has 10 heteroatoms. The van der Waals surface area contributed by atoms with Gasteiger partial charge < -0.3 is 14.3 Å². The molecule has 0 radical (unpaired) electrons. The van der Waals surface area contributed by atoms with Crippen molar-refractivity contribution in [3.63, 3.8) is 0 Å². The molecule has 42 heavy (non-hydrogen) atoms. The first-order valence-corrected chi connectivity index (χ1v) is 14.8. The Hall–Kier alpha value is -4.80. The van der Waals surface area contributed by atoms with Gasteiger partial charge in [-0.3, -0.25) is 9.36 Å². The van der Waals surface area contributed by atoms with E-state index < -0.39 is 18.0 Å². The first-order chi connectivity index (χ1) is 20.4. The minimum atomic E-state index is -1.01. The van der Waals surface area contributed by atoms with E-state index >= 15 is 0 Å². The highest BCUT2D eigenvalue weighted by Crippen LogP contribution is 2.37. The van der Waals surface area contributed by atoms with Crippen LogP contribution in [0.4, 0.5) is 0 Å². The van der Waals surface area contributed by atoms with Crippen LogP contribution in [0.15, 0.2) is 98.0 Å². The quantitative estimate of drug-likeness (QED) is 0.257. The second kappa shape index (κ2) is 11.2. The minimum absolute atomic E-state index is 0.182. The molecule has 4 heterocycles. The highest BCUT2D eigenvalue weighted by atomic mass is 32.1. The lowest BCUT2D eigenvalue weighted by Gasteiger charge is -2.24. The third-order valence-electron chi connectivity index (χ3n) is 6.92. The summed E-state index contributed by atoms with van der Waals surface area (Å²) in [6, 6.07) is 20.9. The van der Waals surface area contributed by atoms with E-state index in [9.17, 15) is 19.5 Å². The van der Waals surface area contributed by atoms with E-state index in [0.29, 0.717) is 43.3 Å².